The quantitative estimate of drug-likeness (QED) is 0.407. The van der Waals surface area contributed by atoms with E-state index in [0.717, 1.165) is 61.6 Å². The summed E-state index contributed by atoms with van der Waals surface area (Å²) in [5, 5.41) is 4.07. The SMILES string of the molecule is CC(=O)Nc1ccc(-c2cccc(CCN3CCN(c4cccc5nc(C)ccc45)CC3)c2)cc1. The van der Waals surface area contributed by atoms with Gasteiger partial charge in [-0.3, -0.25) is 14.7 Å². The number of aryl methyl sites for hydroxylation is 1. The van der Waals surface area contributed by atoms with Crippen LogP contribution in [0.25, 0.3) is 22.0 Å². The fraction of sp³-hybridized carbons (Fsp3) is 0.267. The van der Waals surface area contributed by atoms with Crippen LogP contribution in [-0.4, -0.2) is 48.5 Å². The summed E-state index contributed by atoms with van der Waals surface area (Å²) < 4.78 is 0. The molecule has 1 amide bonds. The van der Waals surface area contributed by atoms with Crippen molar-refractivity contribution in [2.24, 2.45) is 0 Å². The molecular formula is C30H32N4O. The Hall–Kier alpha value is -3.70. The minimum atomic E-state index is -0.0511. The molecule has 0 saturated carbocycles. The van der Waals surface area contributed by atoms with Crippen molar-refractivity contribution in [2.75, 3.05) is 42.9 Å². The van der Waals surface area contributed by atoms with Gasteiger partial charge in [-0.05, 0) is 66.4 Å². The number of benzene rings is 3. The molecule has 1 saturated heterocycles. The smallest absolute Gasteiger partial charge is 0.221 e. The van der Waals surface area contributed by atoms with Crippen LogP contribution < -0.4 is 10.2 Å². The summed E-state index contributed by atoms with van der Waals surface area (Å²) in [6.07, 6.45) is 1.04. The number of carbonyl (C=O) groups excluding carboxylic acids is 1. The lowest BCUT2D eigenvalue weighted by Crippen LogP contribution is -2.47. The first-order chi connectivity index (χ1) is 17.0. The van der Waals surface area contributed by atoms with Gasteiger partial charge in [0, 0.05) is 62.1 Å². The highest BCUT2D eigenvalue weighted by Gasteiger charge is 2.18. The van der Waals surface area contributed by atoms with E-state index in [2.05, 4.69) is 81.8 Å². The molecular weight excluding hydrogens is 432 g/mol. The third kappa shape index (κ3) is 5.52. The Morgan fingerprint density at radius 3 is 2.43 bits per heavy atom. The lowest BCUT2D eigenvalue weighted by molar-refractivity contribution is -0.114. The fourth-order valence-corrected chi connectivity index (χ4v) is 4.87. The lowest BCUT2D eigenvalue weighted by atomic mass is 10.0. The molecule has 1 aromatic heterocycles. The normalized spacial score (nSPS) is 14.3. The molecule has 1 aliphatic rings. The molecule has 5 nitrogen and oxygen atoms in total. The number of piperazine rings is 1. The van der Waals surface area contributed by atoms with Crippen LogP contribution in [0, 0.1) is 6.92 Å². The number of amides is 1. The van der Waals surface area contributed by atoms with E-state index in [9.17, 15) is 4.79 Å². The predicted molar refractivity (Wildman–Crippen MR) is 145 cm³/mol. The van der Waals surface area contributed by atoms with Crippen molar-refractivity contribution in [2.45, 2.75) is 20.3 Å². The van der Waals surface area contributed by atoms with Gasteiger partial charge in [0.1, 0.15) is 0 Å². The molecule has 1 aliphatic heterocycles. The van der Waals surface area contributed by atoms with Crippen molar-refractivity contribution < 1.29 is 4.79 Å². The Labute approximate surface area is 207 Å². The predicted octanol–water partition coefficient (Wildman–Crippen LogP) is 5.53. The minimum absolute atomic E-state index is 0.0511. The van der Waals surface area contributed by atoms with Gasteiger partial charge in [0.25, 0.3) is 0 Å². The molecule has 0 radical (unpaired) electrons. The highest BCUT2D eigenvalue weighted by molar-refractivity contribution is 5.92. The topological polar surface area (TPSA) is 48.5 Å². The summed E-state index contributed by atoms with van der Waals surface area (Å²) in [5.41, 5.74) is 7.99. The number of nitrogens with zero attached hydrogens (tertiary/aromatic N) is 3. The summed E-state index contributed by atoms with van der Waals surface area (Å²) in [5.74, 6) is -0.0511. The summed E-state index contributed by atoms with van der Waals surface area (Å²) >= 11 is 0. The Balaban J connectivity index is 1.18. The van der Waals surface area contributed by atoms with Crippen LogP contribution in [0.4, 0.5) is 11.4 Å². The van der Waals surface area contributed by atoms with Gasteiger partial charge < -0.3 is 10.2 Å². The first kappa shape index (κ1) is 23.1. The molecule has 3 aromatic carbocycles. The first-order valence-corrected chi connectivity index (χ1v) is 12.4. The van der Waals surface area contributed by atoms with E-state index in [0.29, 0.717) is 0 Å². The molecule has 35 heavy (non-hydrogen) atoms. The molecule has 0 aliphatic carbocycles. The van der Waals surface area contributed by atoms with Gasteiger partial charge in [0.2, 0.25) is 5.91 Å². The summed E-state index contributed by atoms with van der Waals surface area (Å²) in [6.45, 7) is 8.85. The van der Waals surface area contributed by atoms with Crippen LogP contribution >= 0.6 is 0 Å². The van der Waals surface area contributed by atoms with Crippen LogP contribution in [0.2, 0.25) is 0 Å². The maximum absolute atomic E-state index is 11.2. The van der Waals surface area contributed by atoms with Gasteiger partial charge in [-0.25, -0.2) is 0 Å². The molecule has 0 atom stereocenters. The number of hydrogen-bond donors (Lipinski definition) is 1. The molecule has 178 valence electrons. The monoisotopic (exact) mass is 464 g/mol. The van der Waals surface area contributed by atoms with Gasteiger partial charge in [-0.1, -0.05) is 42.5 Å². The standard InChI is InChI=1S/C30H32N4O/c1-22-9-14-28-29(31-22)7-4-8-30(28)34-19-17-33(18-20-34)16-15-24-5-3-6-26(21-24)25-10-12-27(13-11-25)32-23(2)35/h3-14,21H,15-20H2,1-2H3,(H,32,35). The van der Waals surface area contributed by atoms with Crippen LogP contribution in [0.5, 0.6) is 0 Å². The zero-order chi connectivity index (χ0) is 24.2. The number of rotatable bonds is 6. The molecule has 5 rings (SSSR count). The van der Waals surface area contributed by atoms with Crippen molar-refractivity contribution in [3.8, 4) is 11.1 Å². The largest absolute Gasteiger partial charge is 0.368 e. The molecule has 0 unspecified atom stereocenters. The third-order valence-corrected chi connectivity index (χ3v) is 6.74. The van der Waals surface area contributed by atoms with Crippen molar-refractivity contribution in [3.05, 3.63) is 90.1 Å². The van der Waals surface area contributed by atoms with Gasteiger partial charge in [-0.2, -0.15) is 0 Å². The molecule has 0 bridgehead atoms. The van der Waals surface area contributed by atoms with Gasteiger partial charge in [0.05, 0.1) is 5.52 Å². The Morgan fingerprint density at radius 2 is 1.66 bits per heavy atom. The highest BCUT2D eigenvalue weighted by atomic mass is 16.1. The van der Waals surface area contributed by atoms with E-state index >= 15 is 0 Å². The van der Waals surface area contributed by atoms with E-state index in [1.165, 1.54) is 29.1 Å². The number of hydrogen-bond acceptors (Lipinski definition) is 4. The summed E-state index contributed by atoms with van der Waals surface area (Å²) in [7, 11) is 0. The van der Waals surface area contributed by atoms with Crippen molar-refractivity contribution in [1.29, 1.82) is 0 Å². The van der Waals surface area contributed by atoms with Crippen molar-refractivity contribution in [1.82, 2.24) is 9.88 Å². The molecule has 4 aromatic rings. The van der Waals surface area contributed by atoms with E-state index in [1.54, 1.807) is 0 Å². The van der Waals surface area contributed by atoms with Gasteiger partial charge in [0.15, 0.2) is 0 Å². The number of carbonyl (C=O) groups is 1. The minimum Gasteiger partial charge on any atom is -0.368 e. The number of nitrogens with one attached hydrogen (secondary N) is 1. The van der Waals surface area contributed by atoms with E-state index < -0.39 is 0 Å². The van der Waals surface area contributed by atoms with Crippen LogP contribution in [0.15, 0.2) is 78.9 Å². The molecule has 5 heteroatoms. The second kappa shape index (κ2) is 10.3. The molecule has 2 heterocycles. The van der Waals surface area contributed by atoms with Crippen molar-refractivity contribution >= 4 is 28.2 Å². The van der Waals surface area contributed by atoms with E-state index in [4.69, 9.17) is 4.98 Å². The van der Waals surface area contributed by atoms with Crippen LogP contribution in [-0.2, 0) is 11.2 Å². The number of pyridine rings is 1. The Morgan fingerprint density at radius 1 is 0.886 bits per heavy atom. The maximum atomic E-state index is 11.2. The number of fused-ring (bicyclic) bond motifs is 1. The average molecular weight is 465 g/mol. The fourth-order valence-electron chi connectivity index (χ4n) is 4.87. The molecule has 1 N–H and O–H groups in total. The maximum Gasteiger partial charge on any atom is 0.221 e. The molecule has 1 fully saturated rings. The van der Waals surface area contributed by atoms with Crippen molar-refractivity contribution in [3.63, 3.8) is 0 Å². The second-order valence-corrected chi connectivity index (χ2v) is 9.33. The number of anilines is 2. The summed E-state index contributed by atoms with van der Waals surface area (Å²) in [4.78, 5) is 21.0. The van der Waals surface area contributed by atoms with Gasteiger partial charge in [-0.15, -0.1) is 0 Å². The third-order valence-electron chi connectivity index (χ3n) is 6.74. The van der Waals surface area contributed by atoms with E-state index in [1.807, 2.05) is 19.1 Å². The Kier molecular flexibility index (Phi) is 6.77. The molecule has 0 spiro atoms. The summed E-state index contributed by atoms with van der Waals surface area (Å²) in [6, 6.07) is 27.6. The van der Waals surface area contributed by atoms with E-state index in [-0.39, 0.29) is 5.91 Å². The number of aromatic nitrogens is 1. The second-order valence-electron chi connectivity index (χ2n) is 9.33. The zero-order valence-corrected chi connectivity index (χ0v) is 20.5. The lowest BCUT2D eigenvalue weighted by Gasteiger charge is -2.36. The van der Waals surface area contributed by atoms with Gasteiger partial charge >= 0.3 is 0 Å². The highest BCUT2D eigenvalue weighted by Crippen LogP contribution is 2.27. The zero-order valence-electron chi connectivity index (χ0n) is 20.5. The van der Waals surface area contributed by atoms with Crippen LogP contribution in [0.1, 0.15) is 18.2 Å². The van der Waals surface area contributed by atoms with Crippen LogP contribution in [0.3, 0.4) is 0 Å². The first-order valence-electron chi connectivity index (χ1n) is 12.4. The Bertz CT molecular complexity index is 1320. The average Bonchev–Trinajstić information content (AvgIpc) is 2.87.